The quantitative estimate of drug-likeness (QED) is 0.774. The minimum Gasteiger partial charge on any atom is -0.408 e. The monoisotopic (exact) mass is 317 g/mol. The van der Waals surface area contributed by atoms with E-state index in [0.717, 1.165) is 32.4 Å². The fourth-order valence-corrected chi connectivity index (χ4v) is 3.52. The van der Waals surface area contributed by atoms with Crippen LogP contribution in [-0.2, 0) is 9.53 Å². The number of H-pyrrole nitrogens is 1. The maximum Gasteiger partial charge on any atom is 0.417 e. The van der Waals surface area contributed by atoms with Gasteiger partial charge in [-0.15, -0.1) is 0 Å². The van der Waals surface area contributed by atoms with Gasteiger partial charge in [0.05, 0.1) is 18.2 Å². The van der Waals surface area contributed by atoms with Crippen LogP contribution < -0.4 is 16.4 Å². The number of nitrogens with one attached hydrogen (secondary N) is 3. The van der Waals surface area contributed by atoms with E-state index in [0.29, 0.717) is 16.8 Å². The molecular weight excluding hydrogens is 298 g/mol. The summed E-state index contributed by atoms with van der Waals surface area (Å²) in [4.78, 5) is 26.3. The third-order valence-corrected chi connectivity index (χ3v) is 4.69. The van der Waals surface area contributed by atoms with Gasteiger partial charge in [-0.25, -0.2) is 4.79 Å². The number of hydrogen-bond acceptors (Lipinski definition) is 5. The van der Waals surface area contributed by atoms with Gasteiger partial charge in [-0.2, -0.15) is 0 Å². The highest BCUT2D eigenvalue weighted by molar-refractivity contribution is 5.94. The molecule has 0 bridgehead atoms. The molecule has 0 spiro atoms. The van der Waals surface area contributed by atoms with Crippen molar-refractivity contribution < 1.29 is 13.9 Å². The van der Waals surface area contributed by atoms with Gasteiger partial charge in [0.2, 0.25) is 5.91 Å². The minimum atomic E-state index is -0.495. The van der Waals surface area contributed by atoms with Crippen molar-refractivity contribution in [3.8, 4) is 0 Å². The van der Waals surface area contributed by atoms with Gasteiger partial charge in [0.25, 0.3) is 0 Å². The summed E-state index contributed by atoms with van der Waals surface area (Å²) in [7, 11) is 0. The first kappa shape index (κ1) is 14.5. The number of rotatable bonds is 2. The van der Waals surface area contributed by atoms with Crippen molar-refractivity contribution in [2.24, 2.45) is 5.92 Å². The van der Waals surface area contributed by atoms with Crippen LogP contribution in [0.15, 0.2) is 27.4 Å². The third-order valence-electron chi connectivity index (χ3n) is 4.69. The lowest BCUT2D eigenvalue weighted by Crippen LogP contribution is -2.52. The van der Waals surface area contributed by atoms with Crippen molar-refractivity contribution in [2.75, 3.05) is 18.5 Å². The summed E-state index contributed by atoms with van der Waals surface area (Å²) in [6.07, 6.45) is 2.76. The Hall–Kier alpha value is -2.12. The number of benzene rings is 1. The lowest BCUT2D eigenvalue weighted by Gasteiger charge is -2.39. The Labute approximate surface area is 132 Å². The molecule has 23 heavy (non-hydrogen) atoms. The van der Waals surface area contributed by atoms with Gasteiger partial charge in [0, 0.05) is 30.3 Å². The number of hydrogen-bond donors (Lipinski definition) is 3. The smallest absolute Gasteiger partial charge is 0.408 e. The molecule has 2 heterocycles. The van der Waals surface area contributed by atoms with Crippen LogP contribution in [0.5, 0.6) is 0 Å². The van der Waals surface area contributed by atoms with Gasteiger partial charge in [-0.3, -0.25) is 9.78 Å². The molecule has 1 aromatic heterocycles. The molecular formula is C16H19N3O4. The Morgan fingerprint density at radius 2 is 2.22 bits per heavy atom. The molecule has 1 amide bonds. The Morgan fingerprint density at radius 3 is 3.13 bits per heavy atom. The SMILES string of the molecule is O=C(Nc1ccc2[nH]c(=O)oc2c1)[C@H]1CC[C@H]2OCCN[C@@H]2C1. The summed E-state index contributed by atoms with van der Waals surface area (Å²) < 4.78 is 10.8. The van der Waals surface area contributed by atoms with Gasteiger partial charge in [-0.05, 0) is 31.4 Å². The van der Waals surface area contributed by atoms with Crippen molar-refractivity contribution in [1.82, 2.24) is 10.3 Å². The summed E-state index contributed by atoms with van der Waals surface area (Å²) in [5, 5.41) is 6.36. The number of carbonyl (C=O) groups excluding carboxylic acids is 1. The van der Waals surface area contributed by atoms with Crippen LogP contribution in [0, 0.1) is 5.92 Å². The summed E-state index contributed by atoms with van der Waals surface area (Å²) in [6.45, 7) is 1.60. The largest absolute Gasteiger partial charge is 0.417 e. The number of fused-ring (bicyclic) bond motifs is 2. The highest BCUT2D eigenvalue weighted by atomic mass is 16.5. The lowest BCUT2D eigenvalue weighted by atomic mass is 9.82. The normalized spacial score (nSPS) is 27.6. The van der Waals surface area contributed by atoms with Gasteiger partial charge in [0.1, 0.15) is 0 Å². The second-order valence-electron chi connectivity index (χ2n) is 6.19. The van der Waals surface area contributed by atoms with E-state index in [1.165, 1.54) is 0 Å². The van der Waals surface area contributed by atoms with Gasteiger partial charge in [-0.1, -0.05) is 0 Å². The zero-order valence-corrected chi connectivity index (χ0v) is 12.6. The Balaban J connectivity index is 1.45. The van der Waals surface area contributed by atoms with E-state index in [2.05, 4.69) is 15.6 Å². The molecule has 1 aliphatic carbocycles. The van der Waals surface area contributed by atoms with E-state index in [1.54, 1.807) is 18.2 Å². The lowest BCUT2D eigenvalue weighted by molar-refractivity contribution is -0.123. The Morgan fingerprint density at radius 1 is 1.30 bits per heavy atom. The van der Waals surface area contributed by atoms with Crippen molar-refractivity contribution in [1.29, 1.82) is 0 Å². The molecule has 122 valence electrons. The van der Waals surface area contributed by atoms with Crippen LogP contribution in [0.4, 0.5) is 5.69 Å². The molecule has 2 aromatic rings. The van der Waals surface area contributed by atoms with Crippen LogP contribution in [0.25, 0.3) is 11.1 Å². The van der Waals surface area contributed by atoms with Crippen LogP contribution in [-0.4, -0.2) is 36.2 Å². The van der Waals surface area contributed by atoms with Crippen LogP contribution in [0.1, 0.15) is 19.3 Å². The number of aromatic amines is 1. The van der Waals surface area contributed by atoms with Crippen molar-refractivity contribution >= 4 is 22.7 Å². The number of amides is 1. The second-order valence-corrected chi connectivity index (χ2v) is 6.19. The first-order chi connectivity index (χ1) is 11.2. The van der Waals surface area contributed by atoms with Crippen molar-refractivity contribution in [3.05, 3.63) is 28.7 Å². The average molecular weight is 317 g/mol. The highest BCUT2D eigenvalue weighted by Crippen LogP contribution is 2.29. The summed E-state index contributed by atoms with van der Waals surface area (Å²) >= 11 is 0. The standard InChI is InChI=1S/C16H19N3O4/c20-15(9-1-4-13-12(7-9)17-5-6-22-13)18-10-2-3-11-14(8-10)23-16(21)19-11/h2-3,8-9,12-13,17H,1,4-7H2,(H,18,20)(H,19,21)/t9-,12+,13+/m0/s1. The zero-order valence-electron chi connectivity index (χ0n) is 12.6. The molecule has 1 aromatic carbocycles. The molecule has 3 N–H and O–H groups in total. The first-order valence-electron chi connectivity index (χ1n) is 7.98. The molecule has 1 aliphatic heterocycles. The molecule has 4 rings (SSSR count). The molecule has 2 fully saturated rings. The predicted molar refractivity (Wildman–Crippen MR) is 84.3 cm³/mol. The minimum absolute atomic E-state index is 0.00746. The summed E-state index contributed by atoms with van der Waals surface area (Å²) in [5.41, 5.74) is 1.70. The molecule has 0 unspecified atom stereocenters. The van der Waals surface area contributed by atoms with Gasteiger partial charge in [0.15, 0.2) is 5.58 Å². The molecule has 0 radical (unpaired) electrons. The van der Waals surface area contributed by atoms with E-state index in [1.807, 2.05) is 0 Å². The Bertz CT molecular complexity index is 781. The van der Waals surface area contributed by atoms with E-state index in [-0.39, 0.29) is 24.0 Å². The second kappa shape index (κ2) is 5.82. The van der Waals surface area contributed by atoms with Crippen molar-refractivity contribution in [3.63, 3.8) is 0 Å². The number of ether oxygens (including phenoxy) is 1. The molecule has 3 atom stereocenters. The maximum atomic E-state index is 12.5. The summed E-state index contributed by atoms with van der Waals surface area (Å²) in [6, 6.07) is 5.42. The van der Waals surface area contributed by atoms with Crippen molar-refractivity contribution in [2.45, 2.75) is 31.4 Å². The topological polar surface area (TPSA) is 96.4 Å². The van der Waals surface area contributed by atoms with E-state index in [9.17, 15) is 9.59 Å². The number of morpholine rings is 1. The zero-order chi connectivity index (χ0) is 15.8. The maximum absolute atomic E-state index is 12.5. The molecule has 7 nitrogen and oxygen atoms in total. The van der Waals surface area contributed by atoms with E-state index < -0.39 is 5.76 Å². The molecule has 7 heteroatoms. The van der Waals surface area contributed by atoms with Crippen LogP contribution >= 0.6 is 0 Å². The Kier molecular flexibility index (Phi) is 3.66. The predicted octanol–water partition coefficient (Wildman–Crippen LogP) is 1.22. The van der Waals surface area contributed by atoms with Gasteiger partial charge >= 0.3 is 5.76 Å². The van der Waals surface area contributed by atoms with Crippen LogP contribution in [0.2, 0.25) is 0 Å². The molecule has 1 saturated carbocycles. The number of aromatic nitrogens is 1. The summed E-state index contributed by atoms with van der Waals surface area (Å²) in [5.74, 6) is -0.516. The average Bonchev–Trinajstić information content (AvgIpc) is 2.93. The fraction of sp³-hybridized carbons (Fsp3) is 0.500. The molecule has 2 aliphatic rings. The van der Waals surface area contributed by atoms with E-state index in [4.69, 9.17) is 9.15 Å². The van der Waals surface area contributed by atoms with Gasteiger partial charge < -0.3 is 19.8 Å². The first-order valence-corrected chi connectivity index (χ1v) is 7.98. The van der Waals surface area contributed by atoms with E-state index >= 15 is 0 Å². The number of anilines is 1. The molecule has 1 saturated heterocycles. The third kappa shape index (κ3) is 2.89. The number of oxazole rings is 1. The highest BCUT2D eigenvalue weighted by Gasteiger charge is 2.35. The number of carbonyl (C=O) groups is 1. The fourth-order valence-electron chi connectivity index (χ4n) is 3.52. The van der Waals surface area contributed by atoms with Crippen LogP contribution in [0.3, 0.4) is 0 Å².